The summed E-state index contributed by atoms with van der Waals surface area (Å²) >= 11 is 0. The average molecular weight is 339 g/mol. The molecule has 0 aliphatic carbocycles. The highest BCUT2D eigenvalue weighted by atomic mass is 32.2. The van der Waals surface area contributed by atoms with Gasteiger partial charge in [-0.05, 0) is 12.1 Å². The minimum atomic E-state index is -3.69. The van der Waals surface area contributed by atoms with Gasteiger partial charge in [0.05, 0.1) is 23.7 Å². The lowest BCUT2D eigenvalue weighted by Gasteiger charge is -2.30. The minimum Gasteiger partial charge on any atom is -0.379 e. The first-order valence-corrected chi connectivity index (χ1v) is 9.21. The second-order valence-corrected chi connectivity index (χ2v) is 7.46. The highest BCUT2D eigenvalue weighted by Crippen LogP contribution is 2.22. The maximum absolute atomic E-state index is 12.9. The molecule has 1 N–H and O–H groups in total. The second kappa shape index (κ2) is 6.96. The molecule has 2 aliphatic heterocycles. The summed E-state index contributed by atoms with van der Waals surface area (Å²) in [6.07, 6.45) is 0. The molecule has 1 aromatic rings. The highest BCUT2D eigenvalue weighted by Gasteiger charge is 2.31. The molecule has 3 rings (SSSR count). The molecule has 1 aromatic carbocycles. The van der Waals surface area contributed by atoms with Crippen LogP contribution in [0.25, 0.3) is 0 Å². The van der Waals surface area contributed by atoms with Gasteiger partial charge in [-0.2, -0.15) is 4.31 Å². The standard InChI is InChI=1S/C15H21N3O4S/c19-15(17-7-5-16-6-8-17)13-3-1-2-4-14(13)23(20,21)18-9-11-22-12-10-18/h1-4,16H,5-12H2. The summed E-state index contributed by atoms with van der Waals surface area (Å²) < 4.78 is 32.4. The zero-order valence-electron chi connectivity index (χ0n) is 12.9. The number of hydrogen-bond acceptors (Lipinski definition) is 5. The van der Waals surface area contributed by atoms with Crippen molar-refractivity contribution in [3.63, 3.8) is 0 Å². The predicted octanol–water partition coefficient (Wildman–Crippen LogP) is -0.247. The highest BCUT2D eigenvalue weighted by molar-refractivity contribution is 7.89. The van der Waals surface area contributed by atoms with Crippen LogP contribution >= 0.6 is 0 Å². The third-order valence-corrected chi connectivity index (χ3v) is 6.07. The monoisotopic (exact) mass is 339 g/mol. The molecular formula is C15H21N3O4S. The van der Waals surface area contributed by atoms with Crippen molar-refractivity contribution < 1.29 is 17.9 Å². The van der Waals surface area contributed by atoms with Crippen molar-refractivity contribution >= 4 is 15.9 Å². The minimum absolute atomic E-state index is 0.0884. The molecular weight excluding hydrogens is 318 g/mol. The number of hydrogen-bond donors (Lipinski definition) is 1. The molecule has 7 nitrogen and oxygen atoms in total. The summed E-state index contributed by atoms with van der Waals surface area (Å²) in [6, 6.07) is 6.47. The van der Waals surface area contributed by atoms with E-state index in [4.69, 9.17) is 4.74 Å². The average Bonchev–Trinajstić information content (AvgIpc) is 2.62. The van der Waals surface area contributed by atoms with E-state index in [1.807, 2.05) is 0 Å². The number of ether oxygens (including phenoxy) is 1. The Hall–Kier alpha value is -1.48. The van der Waals surface area contributed by atoms with Gasteiger partial charge in [0.25, 0.3) is 5.91 Å². The summed E-state index contributed by atoms with van der Waals surface area (Å²) in [7, 11) is -3.69. The van der Waals surface area contributed by atoms with Crippen molar-refractivity contribution in [2.75, 3.05) is 52.5 Å². The van der Waals surface area contributed by atoms with Gasteiger partial charge in [-0.1, -0.05) is 12.1 Å². The van der Waals surface area contributed by atoms with Gasteiger partial charge >= 0.3 is 0 Å². The predicted molar refractivity (Wildman–Crippen MR) is 84.8 cm³/mol. The Kier molecular flexibility index (Phi) is 4.96. The second-order valence-electron chi connectivity index (χ2n) is 5.55. The van der Waals surface area contributed by atoms with Crippen LogP contribution in [0, 0.1) is 0 Å². The molecule has 0 unspecified atom stereocenters. The van der Waals surface area contributed by atoms with E-state index in [9.17, 15) is 13.2 Å². The third kappa shape index (κ3) is 3.40. The molecule has 2 fully saturated rings. The van der Waals surface area contributed by atoms with Crippen molar-refractivity contribution in [1.29, 1.82) is 0 Å². The van der Waals surface area contributed by atoms with E-state index in [0.717, 1.165) is 13.1 Å². The molecule has 2 saturated heterocycles. The number of sulfonamides is 1. The van der Waals surface area contributed by atoms with Crippen LogP contribution in [0.2, 0.25) is 0 Å². The lowest BCUT2D eigenvalue weighted by Crippen LogP contribution is -2.47. The van der Waals surface area contributed by atoms with Crippen LogP contribution in [-0.4, -0.2) is 76.0 Å². The zero-order chi connectivity index (χ0) is 16.3. The van der Waals surface area contributed by atoms with Crippen molar-refractivity contribution in [2.24, 2.45) is 0 Å². The molecule has 2 aliphatic rings. The van der Waals surface area contributed by atoms with Gasteiger partial charge < -0.3 is 15.0 Å². The fraction of sp³-hybridized carbons (Fsp3) is 0.533. The van der Waals surface area contributed by atoms with E-state index < -0.39 is 10.0 Å². The molecule has 126 valence electrons. The van der Waals surface area contributed by atoms with Crippen molar-refractivity contribution in [3.05, 3.63) is 29.8 Å². The van der Waals surface area contributed by atoms with Crippen LogP contribution in [0.5, 0.6) is 0 Å². The fourth-order valence-electron chi connectivity index (χ4n) is 2.83. The maximum Gasteiger partial charge on any atom is 0.255 e. The zero-order valence-corrected chi connectivity index (χ0v) is 13.7. The first-order valence-electron chi connectivity index (χ1n) is 7.77. The number of amides is 1. The Bertz CT molecular complexity index is 665. The molecule has 8 heteroatoms. The Morgan fingerprint density at radius 1 is 1.04 bits per heavy atom. The molecule has 2 heterocycles. The summed E-state index contributed by atoms with van der Waals surface area (Å²) in [4.78, 5) is 14.5. The SMILES string of the molecule is O=C(c1ccccc1S(=O)(=O)N1CCOCC1)N1CCNCC1. The van der Waals surface area contributed by atoms with E-state index in [-0.39, 0.29) is 16.4 Å². The number of benzene rings is 1. The van der Waals surface area contributed by atoms with Crippen LogP contribution in [0.4, 0.5) is 0 Å². The molecule has 0 aromatic heterocycles. The van der Waals surface area contributed by atoms with Crippen LogP contribution in [0.1, 0.15) is 10.4 Å². The van der Waals surface area contributed by atoms with Crippen LogP contribution in [0.15, 0.2) is 29.2 Å². The topological polar surface area (TPSA) is 79.0 Å². The largest absolute Gasteiger partial charge is 0.379 e. The van der Waals surface area contributed by atoms with E-state index in [1.54, 1.807) is 23.1 Å². The van der Waals surface area contributed by atoms with Gasteiger partial charge in [0.15, 0.2) is 0 Å². The Morgan fingerprint density at radius 2 is 1.70 bits per heavy atom. The van der Waals surface area contributed by atoms with Gasteiger partial charge in [-0.25, -0.2) is 8.42 Å². The number of nitrogens with one attached hydrogen (secondary N) is 1. The summed E-state index contributed by atoms with van der Waals surface area (Å²) in [5.74, 6) is -0.223. The Balaban J connectivity index is 1.92. The summed E-state index contributed by atoms with van der Waals surface area (Å²) in [5.41, 5.74) is 0.251. The van der Waals surface area contributed by atoms with Gasteiger partial charge in [0, 0.05) is 39.3 Å². The van der Waals surface area contributed by atoms with Crippen LogP contribution in [-0.2, 0) is 14.8 Å². The number of piperazine rings is 1. The summed E-state index contributed by atoms with van der Waals surface area (Å²) in [5, 5.41) is 3.18. The Labute approximate surface area is 136 Å². The van der Waals surface area contributed by atoms with Gasteiger partial charge in [-0.3, -0.25) is 4.79 Å². The van der Waals surface area contributed by atoms with E-state index >= 15 is 0 Å². The van der Waals surface area contributed by atoms with Gasteiger partial charge in [0.1, 0.15) is 0 Å². The molecule has 0 atom stereocenters. The normalized spacial score (nSPS) is 20.4. The number of carbonyl (C=O) groups excluding carboxylic acids is 1. The van der Waals surface area contributed by atoms with Crippen molar-refractivity contribution in [3.8, 4) is 0 Å². The first kappa shape index (κ1) is 16.4. The van der Waals surface area contributed by atoms with E-state index in [0.29, 0.717) is 39.4 Å². The number of nitrogens with zero attached hydrogens (tertiary/aromatic N) is 2. The molecule has 23 heavy (non-hydrogen) atoms. The van der Waals surface area contributed by atoms with E-state index in [2.05, 4.69) is 5.32 Å². The molecule has 0 radical (unpaired) electrons. The van der Waals surface area contributed by atoms with E-state index in [1.165, 1.54) is 10.4 Å². The smallest absolute Gasteiger partial charge is 0.255 e. The van der Waals surface area contributed by atoms with Crippen molar-refractivity contribution in [2.45, 2.75) is 4.90 Å². The van der Waals surface area contributed by atoms with Gasteiger partial charge in [0.2, 0.25) is 10.0 Å². The van der Waals surface area contributed by atoms with Crippen LogP contribution in [0.3, 0.4) is 0 Å². The van der Waals surface area contributed by atoms with Crippen molar-refractivity contribution in [1.82, 2.24) is 14.5 Å². The maximum atomic E-state index is 12.9. The molecule has 0 saturated carbocycles. The van der Waals surface area contributed by atoms with Gasteiger partial charge in [-0.15, -0.1) is 0 Å². The lowest BCUT2D eigenvalue weighted by molar-refractivity contribution is 0.0718. The van der Waals surface area contributed by atoms with Crippen LogP contribution < -0.4 is 5.32 Å². The quantitative estimate of drug-likeness (QED) is 0.822. The molecule has 1 amide bonds. The molecule has 0 bridgehead atoms. The fourth-order valence-corrected chi connectivity index (χ4v) is 4.42. The number of carbonyl (C=O) groups is 1. The third-order valence-electron chi connectivity index (χ3n) is 4.11. The lowest BCUT2D eigenvalue weighted by atomic mass is 10.2. The molecule has 0 spiro atoms. The first-order chi connectivity index (χ1) is 11.1. The number of morpholine rings is 1. The Morgan fingerprint density at radius 3 is 2.39 bits per heavy atom. The number of rotatable bonds is 3. The summed E-state index contributed by atoms with van der Waals surface area (Å²) in [6.45, 7) is 4.03.